The molecule has 0 aliphatic carbocycles. The lowest BCUT2D eigenvalue weighted by Crippen LogP contribution is -2.10. The average molecular weight is 329 g/mol. The van der Waals surface area contributed by atoms with Crippen LogP contribution in [-0.2, 0) is 4.74 Å². The van der Waals surface area contributed by atoms with E-state index in [1.165, 1.54) is 19.6 Å². The number of nitrogens with zero attached hydrogens (tertiary/aromatic N) is 2. The van der Waals surface area contributed by atoms with Crippen LogP contribution < -0.4 is 5.32 Å². The van der Waals surface area contributed by atoms with Crippen LogP contribution in [0.4, 0.5) is 9.93 Å². The van der Waals surface area contributed by atoms with E-state index >= 15 is 0 Å². The molecule has 0 spiro atoms. The molecule has 3 heterocycles. The Morgan fingerprint density at radius 3 is 2.78 bits per heavy atom. The molecule has 3 aromatic rings. The van der Waals surface area contributed by atoms with E-state index in [2.05, 4.69) is 20.0 Å². The number of ether oxygens (including phenoxy) is 1. The average Bonchev–Trinajstić information content (AvgIpc) is 3.24. The number of amides is 1. The first-order valence-electron chi connectivity index (χ1n) is 6.54. The molecule has 0 bridgehead atoms. The predicted molar refractivity (Wildman–Crippen MR) is 83.5 cm³/mol. The van der Waals surface area contributed by atoms with E-state index in [1.807, 2.05) is 0 Å². The molecule has 0 aromatic carbocycles. The van der Waals surface area contributed by atoms with Gasteiger partial charge in [-0.3, -0.25) is 15.1 Å². The standard InChI is InChI=1S/C15H11N3O4S/c1-21-15(20)18-14-17-11(10-6-4-8-22-10)13(23-14)12(19)9-5-2-3-7-16-9/h2-8H,1H3,(H,17,18,20). The highest BCUT2D eigenvalue weighted by molar-refractivity contribution is 7.18. The highest BCUT2D eigenvalue weighted by Crippen LogP contribution is 2.33. The van der Waals surface area contributed by atoms with Gasteiger partial charge < -0.3 is 9.15 Å². The van der Waals surface area contributed by atoms with E-state index in [-0.39, 0.29) is 16.6 Å². The summed E-state index contributed by atoms with van der Waals surface area (Å²) < 4.78 is 9.85. The smallest absolute Gasteiger partial charge is 0.413 e. The number of anilines is 1. The maximum Gasteiger partial charge on any atom is 0.413 e. The van der Waals surface area contributed by atoms with Crippen LogP contribution in [0.3, 0.4) is 0 Å². The number of furan rings is 1. The fourth-order valence-corrected chi connectivity index (χ4v) is 2.76. The van der Waals surface area contributed by atoms with Crippen molar-refractivity contribution in [2.45, 2.75) is 0 Å². The van der Waals surface area contributed by atoms with Gasteiger partial charge in [-0.25, -0.2) is 9.78 Å². The summed E-state index contributed by atoms with van der Waals surface area (Å²) in [6.45, 7) is 0. The zero-order valence-electron chi connectivity index (χ0n) is 12.0. The Bertz CT molecular complexity index is 828. The van der Waals surface area contributed by atoms with Gasteiger partial charge in [-0.2, -0.15) is 0 Å². The first-order valence-corrected chi connectivity index (χ1v) is 7.36. The lowest BCUT2D eigenvalue weighted by molar-refractivity contribution is 0.103. The summed E-state index contributed by atoms with van der Waals surface area (Å²) in [6.07, 6.45) is 2.35. The van der Waals surface area contributed by atoms with Gasteiger partial charge in [-0.1, -0.05) is 17.4 Å². The SMILES string of the molecule is COC(=O)Nc1nc(-c2ccco2)c(C(=O)c2ccccn2)s1. The van der Waals surface area contributed by atoms with Crippen molar-refractivity contribution in [1.82, 2.24) is 9.97 Å². The number of hydrogen-bond donors (Lipinski definition) is 1. The molecule has 8 heteroatoms. The normalized spacial score (nSPS) is 10.3. The monoisotopic (exact) mass is 329 g/mol. The van der Waals surface area contributed by atoms with Gasteiger partial charge in [0.1, 0.15) is 16.3 Å². The third kappa shape index (κ3) is 3.11. The lowest BCUT2D eigenvalue weighted by atomic mass is 10.1. The molecule has 0 aliphatic heterocycles. The van der Waals surface area contributed by atoms with E-state index < -0.39 is 6.09 Å². The van der Waals surface area contributed by atoms with Crippen molar-refractivity contribution in [3.63, 3.8) is 0 Å². The zero-order valence-corrected chi connectivity index (χ0v) is 12.8. The largest absolute Gasteiger partial charge is 0.463 e. The Morgan fingerprint density at radius 1 is 1.26 bits per heavy atom. The van der Waals surface area contributed by atoms with Crippen LogP contribution in [-0.4, -0.2) is 29.0 Å². The molecule has 0 radical (unpaired) electrons. The number of pyridine rings is 1. The van der Waals surface area contributed by atoms with Crippen molar-refractivity contribution < 1.29 is 18.7 Å². The van der Waals surface area contributed by atoms with Crippen molar-refractivity contribution >= 4 is 28.3 Å². The van der Waals surface area contributed by atoms with Gasteiger partial charge in [-0.05, 0) is 24.3 Å². The highest BCUT2D eigenvalue weighted by Gasteiger charge is 2.23. The van der Waals surface area contributed by atoms with E-state index in [0.717, 1.165) is 11.3 Å². The number of rotatable bonds is 4. The van der Waals surface area contributed by atoms with Crippen molar-refractivity contribution in [2.24, 2.45) is 0 Å². The molecule has 1 N–H and O–H groups in total. The maximum atomic E-state index is 12.7. The Morgan fingerprint density at radius 2 is 2.13 bits per heavy atom. The summed E-state index contributed by atoms with van der Waals surface area (Å²) in [7, 11) is 1.25. The van der Waals surface area contributed by atoms with Gasteiger partial charge in [0, 0.05) is 6.20 Å². The fraction of sp³-hybridized carbons (Fsp3) is 0.0667. The second-order valence-corrected chi connectivity index (χ2v) is 5.33. The van der Waals surface area contributed by atoms with Crippen LogP contribution in [0.5, 0.6) is 0 Å². The first kappa shape index (κ1) is 14.9. The van der Waals surface area contributed by atoms with Gasteiger partial charge in [0.2, 0.25) is 5.78 Å². The van der Waals surface area contributed by atoms with Crippen molar-refractivity contribution in [3.8, 4) is 11.5 Å². The van der Waals surface area contributed by atoms with Gasteiger partial charge in [-0.15, -0.1) is 0 Å². The predicted octanol–water partition coefficient (Wildman–Crippen LogP) is 3.21. The third-order valence-corrected chi connectivity index (χ3v) is 3.85. The number of hydrogen-bond acceptors (Lipinski definition) is 7. The minimum Gasteiger partial charge on any atom is -0.463 e. The van der Waals surface area contributed by atoms with Crippen molar-refractivity contribution in [3.05, 3.63) is 53.4 Å². The van der Waals surface area contributed by atoms with Gasteiger partial charge in [0.05, 0.1) is 13.4 Å². The van der Waals surface area contributed by atoms with Gasteiger partial charge >= 0.3 is 6.09 Å². The Balaban J connectivity index is 2.03. The maximum absolute atomic E-state index is 12.7. The molecule has 7 nitrogen and oxygen atoms in total. The van der Waals surface area contributed by atoms with Crippen molar-refractivity contribution in [2.75, 3.05) is 12.4 Å². The second kappa shape index (κ2) is 6.41. The number of thiazole rings is 1. The lowest BCUT2D eigenvalue weighted by Gasteiger charge is -1.98. The summed E-state index contributed by atoms with van der Waals surface area (Å²) in [4.78, 5) is 32.6. The minimum absolute atomic E-state index is 0.238. The summed E-state index contributed by atoms with van der Waals surface area (Å²) in [5.74, 6) is 0.130. The van der Waals surface area contributed by atoms with Crippen LogP contribution in [0.1, 0.15) is 15.4 Å². The molecule has 0 saturated heterocycles. The second-order valence-electron chi connectivity index (χ2n) is 4.33. The molecule has 0 fully saturated rings. The number of nitrogens with one attached hydrogen (secondary N) is 1. The van der Waals surface area contributed by atoms with Crippen LogP contribution in [0.15, 0.2) is 47.2 Å². The number of aromatic nitrogens is 2. The quantitative estimate of drug-likeness (QED) is 0.739. The summed E-state index contributed by atoms with van der Waals surface area (Å²) in [5.41, 5.74) is 0.635. The Labute approximate surface area is 135 Å². The number of methoxy groups -OCH3 is 1. The third-order valence-electron chi connectivity index (χ3n) is 2.88. The topological polar surface area (TPSA) is 94.3 Å². The molecule has 3 aromatic heterocycles. The molecule has 1 amide bonds. The van der Waals surface area contributed by atoms with E-state index in [1.54, 1.807) is 30.3 Å². The van der Waals surface area contributed by atoms with E-state index in [4.69, 9.17) is 4.42 Å². The van der Waals surface area contributed by atoms with Crippen LogP contribution >= 0.6 is 11.3 Å². The van der Waals surface area contributed by atoms with Gasteiger partial charge in [0.25, 0.3) is 0 Å². The van der Waals surface area contributed by atoms with E-state index in [0.29, 0.717) is 16.3 Å². The summed E-state index contributed by atoms with van der Waals surface area (Å²) >= 11 is 1.03. The van der Waals surface area contributed by atoms with Crippen LogP contribution in [0.2, 0.25) is 0 Å². The number of carbonyl (C=O) groups excluding carboxylic acids is 2. The Hall–Kier alpha value is -3.00. The Kier molecular flexibility index (Phi) is 4.15. The summed E-state index contributed by atoms with van der Waals surface area (Å²) in [5, 5.41) is 2.69. The number of ketones is 1. The molecular weight excluding hydrogens is 318 g/mol. The molecule has 116 valence electrons. The zero-order chi connectivity index (χ0) is 16.2. The highest BCUT2D eigenvalue weighted by atomic mass is 32.1. The molecule has 0 saturated carbocycles. The minimum atomic E-state index is -0.665. The molecule has 0 unspecified atom stereocenters. The molecule has 3 rings (SSSR count). The summed E-state index contributed by atoms with van der Waals surface area (Å²) in [6, 6.07) is 8.44. The molecular formula is C15H11N3O4S. The fourth-order valence-electron chi connectivity index (χ4n) is 1.86. The van der Waals surface area contributed by atoms with Crippen LogP contribution in [0.25, 0.3) is 11.5 Å². The van der Waals surface area contributed by atoms with Crippen LogP contribution in [0, 0.1) is 0 Å². The van der Waals surface area contributed by atoms with Gasteiger partial charge in [0.15, 0.2) is 10.9 Å². The first-order chi connectivity index (χ1) is 11.2. The number of carbonyl (C=O) groups is 2. The van der Waals surface area contributed by atoms with E-state index in [9.17, 15) is 9.59 Å². The van der Waals surface area contributed by atoms with Crippen molar-refractivity contribution in [1.29, 1.82) is 0 Å². The molecule has 0 atom stereocenters. The molecule has 0 aliphatic rings. The molecule has 23 heavy (non-hydrogen) atoms.